The summed E-state index contributed by atoms with van der Waals surface area (Å²) in [4.78, 5) is 0. The second-order valence-corrected chi connectivity index (χ2v) is 9.50. The van der Waals surface area contributed by atoms with E-state index in [4.69, 9.17) is 4.42 Å². The third-order valence-electron chi connectivity index (χ3n) is 7.25. The molecule has 33 heavy (non-hydrogen) atoms. The molecule has 0 radical (unpaired) electrons. The van der Waals surface area contributed by atoms with Gasteiger partial charge in [-0.2, -0.15) is 0 Å². The van der Waals surface area contributed by atoms with Crippen LogP contribution in [0.2, 0.25) is 0 Å². The molecule has 0 bridgehead atoms. The zero-order valence-corrected chi connectivity index (χ0v) is 18.6. The predicted molar refractivity (Wildman–Crippen MR) is 139 cm³/mol. The van der Waals surface area contributed by atoms with Gasteiger partial charge in [-0.05, 0) is 51.9 Å². The van der Waals surface area contributed by atoms with Crippen LogP contribution in [-0.2, 0) is 5.41 Å². The van der Waals surface area contributed by atoms with Crippen LogP contribution in [0.3, 0.4) is 0 Å². The molecule has 158 valence electrons. The summed E-state index contributed by atoms with van der Waals surface area (Å²) in [6, 6.07) is 34.6. The standard InChI is InChI=1S/C31H23NO/c1-31(2)26-12-6-5-10-22(26)25-18-20(15-17-27(25)31)32-28-13-7-11-23-24-16-14-19-8-3-4-9-21(19)29(24)33-30(23)28/h3-18,32H,1-2H3. The highest BCUT2D eigenvalue weighted by Crippen LogP contribution is 2.49. The van der Waals surface area contributed by atoms with Gasteiger partial charge in [0.1, 0.15) is 5.58 Å². The Labute approximate surface area is 192 Å². The maximum atomic E-state index is 6.49. The first-order valence-corrected chi connectivity index (χ1v) is 11.5. The number of fused-ring (bicyclic) bond motifs is 8. The molecule has 0 atom stereocenters. The van der Waals surface area contributed by atoms with Crippen molar-refractivity contribution in [1.82, 2.24) is 0 Å². The highest BCUT2D eigenvalue weighted by molar-refractivity contribution is 6.17. The van der Waals surface area contributed by atoms with Gasteiger partial charge in [-0.15, -0.1) is 0 Å². The molecule has 0 unspecified atom stereocenters. The van der Waals surface area contributed by atoms with Crippen LogP contribution in [0.1, 0.15) is 25.0 Å². The van der Waals surface area contributed by atoms with E-state index in [0.29, 0.717) is 0 Å². The van der Waals surface area contributed by atoms with Gasteiger partial charge in [0.15, 0.2) is 5.58 Å². The van der Waals surface area contributed by atoms with Crippen molar-refractivity contribution in [3.8, 4) is 11.1 Å². The molecule has 0 amide bonds. The number of nitrogens with one attached hydrogen (secondary N) is 1. The van der Waals surface area contributed by atoms with Crippen molar-refractivity contribution >= 4 is 44.1 Å². The van der Waals surface area contributed by atoms with E-state index in [-0.39, 0.29) is 5.41 Å². The van der Waals surface area contributed by atoms with E-state index < -0.39 is 0 Å². The molecular weight excluding hydrogens is 402 g/mol. The van der Waals surface area contributed by atoms with Crippen LogP contribution in [-0.4, -0.2) is 0 Å². The maximum absolute atomic E-state index is 6.49. The molecule has 1 N–H and O–H groups in total. The van der Waals surface area contributed by atoms with Crippen molar-refractivity contribution in [3.63, 3.8) is 0 Å². The number of benzene rings is 5. The van der Waals surface area contributed by atoms with Gasteiger partial charge in [0.25, 0.3) is 0 Å². The van der Waals surface area contributed by atoms with Crippen LogP contribution in [0.15, 0.2) is 101 Å². The maximum Gasteiger partial charge on any atom is 0.158 e. The fourth-order valence-electron chi connectivity index (χ4n) is 5.58. The van der Waals surface area contributed by atoms with Crippen molar-refractivity contribution in [3.05, 3.63) is 108 Å². The minimum absolute atomic E-state index is 0.0181. The molecule has 6 aromatic rings. The summed E-state index contributed by atoms with van der Waals surface area (Å²) in [5.74, 6) is 0. The van der Waals surface area contributed by atoms with Crippen molar-refractivity contribution in [2.24, 2.45) is 0 Å². The van der Waals surface area contributed by atoms with Gasteiger partial charge in [0, 0.05) is 27.3 Å². The first-order chi connectivity index (χ1) is 16.1. The molecule has 0 aliphatic heterocycles. The van der Waals surface area contributed by atoms with E-state index in [1.54, 1.807) is 0 Å². The third kappa shape index (κ3) is 2.55. The smallest absolute Gasteiger partial charge is 0.158 e. The minimum Gasteiger partial charge on any atom is -0.453 e. The number of para-hydroxylation sites is 1. The fourth-order valence-corrected chi connectivity index (χ4v) is 5.58. The van der Waals surface area contributed by atoms with Gasteiger partial charge in [-0.25, -0.2) is 0 Å². The average Bonchev–Trinajstić information content (AvgIpc) is 3.34. The van der Waals surface area contributed by atoms with Crippen LogP contribution >= 0.6 is 0 Å². The molecular formula is C31H23NO. The molecule has 2 heteroatoms. The van der Waals surface area contributed by atoms with E-state index in [2.05, 4.69) is 116 Å². The second kappa shape index (κ2) is 6.49. The predicted octanol–water partition coefficient (Wildman–Crippen LogP) is 8.79. The minimum atomic E-state index is 0.0181. The third-order valence-corrected chi connectivity index (χ3v) is 7.25. The lowest BCUT2D eigenvalue weighted by Crippen LogP contribution is -2.14. The quantitative estimate of drug-likeness (QED) is 0.300. The van der Waals surface area contributed by atoms with Gasteiger partial charge in [0.05, 0.1) is 5.69 Å². The molecule has 7 rings (SSSR count). The normalized spacial score (nSPS) is 14.0. The Morgan fingerprint density at radius 3 is 2.30 bits per heavy atom. The summed E-state index contributed by atoms with van der Waals surface area (Å²) < 4.78 is 6.49. The van der Waals surface area contributed by atoms with Crippen LogP contribution in [0.5, 0.6) is 0 Å². The summed E-state index contributed by atoms with van der Waals surface area (Å²) in [5, 5.41) is 8.27. The van der Waals surface area contributed by atoms with Crippen molar-refractivity contribution in [2.75, 3.05) is 5.32 Å². The number of rotatable bonds is 2. The molecule has 1 heterocycles. The molecule has 0 saturated carbocycles. The Balaban J connectivity index is 1.38. The van der Waals surface area contributed by atoms with E-state index >= 15 is 0 Å². The van der Waals surface area contributed by atoms with Gasteiger partial charge in [0.2, 0.25) is 0 Å². The fraction of sp³-hybridized carbons (Fsp3) is 0.0968. The van der Waals surface area contributed by atoms with Crippen molar-refractivity contribution in [2.45, 2.75) is 19.3 Å². The molecule has 5 aromatic carbocycles. The average molecular weight is 426 g/mol. The number of furan rings is 1. The van der Waals surface area contributed by atoms with Crippen molar-refractivity contribution < 1.29 is 4.42 Å². The first-order valence-electron chi connectivity index (χ1n) is 11.5. The van der Waals surface area contributed by atoms with Gasteiger partial charge in [-0.1, -0.05) is 86.6 Å². The summed E-state index contributed by atoms with van der Waals surface area (Å²) >= 11 is 0. The Morgan fingerprint density at radius 2 is 1.36 bits per heavy atom. The van der Waals surface area contributed by atoms with Crippen LogP contribution in [0, 0.1) is 0 Å². The van der Waals surface area contributed by atoms with E-state index in [9.17, 15) is 0 Å². The van der Waals surface area contributed by atoms with Gasteiger partial charge in [-0.3, -0.25) is 0 Å². The Hall–Kier alpha value is -4.04. The van der Waals surface area contributed by atoms with Gasteiger partial charge >= 0.3 is 0 Å². The topological polar surface area (TPSA) is 25.2 Å². The Kier molecular flexibility index (Phi) is 3.64. The van der Waals surface area contributed by atoms with E-state index in [1.165, 1.54) is 27.6 Å². The van der Waals surface area contributed by atoms with Gasteiger partial charge < -0.3 is 9.73 Å². The summed E-state index contributed by atoms with van der Waals surface area (Å²) in [6.45, 7) is 4.62. The SMILES string of the molecule is CC1(C)c2ccccc2-c2cc(Nc3cccc4c3oc3c5ccccc5ccc43)ccc21. The molecule has 1 aliphatic carbocycles. The van der Waals surface area contributed by atoms with E-state index in [1.807, 2.05) is 0 Å². The molecule has 0 saturated heterocycles. The highest BCUT2D eigenvalue weighted by Gasteiger charge is 2.35. The number of hydrogen-bond acceptors (Lipinski definition) is 2. The van der Waals surface area contributed by atoms with Crippen LogP contribution < -0.4 is 5.32 Å². The van der Waals surface area contributed by atoms with Crippen molar-refractivity contribution in [1.29, 1.82) is 0 Å². The Morgan fingerprint density at radius 1 is 0.606 bits per heavy atom. The highest BCUT2D eigenvalue weighted by atomic mass is 16.3. The molecule has 0 spiro atoms. The lowest BCUT2D eigenvalue weighted by atomic mass is 9.82. The Bertz CT molecular complexity index is 1720. The first kappa shape index (κ1) is 18.5. The molecule has 1 aliphatic rings. The molecule has 2 nitrogen and oxygen atoms in total. The summed E-state index contributed by atoms with van der Waals surface area (Å²) in [7, 11) is 0. The number of anilines is 2. The summed E-state index contributed by atoms with van der Waals surface area (Å²) in [6.07, 6.45) is 0. The molecule has 1 aromatic heterocycles. The summed E-state index contributed by atoms with van der Waals surface area (Å²) in [5.41, 5.74) is 9.32. The zero-order chi connectivity index (χ0) is 22.2. The zero-order valence-electron chi connectivity index (χ0n) is 18.6. The largest absolute Gasteiger partial charge is 0.453 e. The molecule has 0 fully saturated rings. The lowest BCUT2D eigenvalue weighted by molar-refractivity contribution is 0.660. The monoisotopic (exact) mass is 425 g/mol. The lowest BCUT2D eigenvalue weighted by Gasteiger charge is -2.21. The number of hydrogen-bond donors (Lipinski definition) is 1. The second-order valence-electron chi connectivity index (χ2n) is 9.50. The van der Waals surface area contributed by atoms with Crippen LogP contribution in [0.4, 0.5) is 11.4 Å². The van der Waals surface area contributed by atoms with E-state index in [0.717, 1.165) is 38.7 Å². The van der Waals surface area contributed by atoms with Crippen LogP contribution in [0.25, 0.3) is 43.8 Å².